The van der Waals surface area contributed by atoms with Crippen LogP contribution in [0.5, 0.6) is 0 Å². The molecule has 0 unspecified atom stereocenters. The second-order valence-corrected chi connectivity index (χ2v) is 5.83. The predicted octanol–water partition coefficient (Wildman–Crippen LogP) is -2.24. The minimum absolute atomic E-state index is 0.236. The third kappa shape index (κ3) is 8.65. The Hall–Kier alpha value is -2.69. The Morgan fingerprint density at radius 1 is 0.960 bits per heavy atom. The monoisotopic (exact) mass is 360 g/mol. The summed E-state index contributed by atoms with van der Waals surface area (Å²) in [6.07, 6.45) is -1.41. The van der Waals surface area contributed by atoms with Crippen molar-refractivity contribution in [3.05, 3.63) is 0 Å². The van der Waals surface area contributed by atoms with Crippen molar-refractivity contribution >= 4 is 29.7 Å². The summed E-state index contributed by atoms with van der Waals surface area (Å²) in [6.45, 7) is 3.36. The highest BCUT2D eigenvalue weighted by Gasteiger charge is 2.29. The first kappa shape index (κ1) is 22.3. The molecule has 0 aliphatic carbocycles. The normalized spacial score (nSPS) is 14.2. The highest BCUT2D eigenvalue weighted by Crippen LogP contribution is 2.03. The molecule has 25 heavy (non-hydrogen) atoms. The minimum atomic E-state index is -1.49. The van der Waals surface area contributed by atoms with E-state index in [-0.39, 0.29) is 12.3 Å². The molecule has 0 spiro atoms. The number of aliphatic carboxylic acids is 2. The number of carboxylic acids is 2. The van der Waals surface area contributed by atoms with Crippen LogP contribution in [0.3, 0.4) is 0 Å². The fourth-order valence-corrected chi connectivity index (χ4v) is 1.78. The molecule has 0 aromatic rings. The molecule has 0 radical (unpaired) electrons. The number of rotatable bonds is 11. The van der Waals surface area contributed by atoms with E-state index in [0.29, 0.717) is 0 Å². The van der Waals surface area contributed by atoms with Gasteiger partial charge < -0.3 is 32.3 Å². The molecule has 11 nitrogen and oxygen atoms in total. The van der Waals surface area contributed by atoms with Crippen molar-refractivity contribution in [1.82, 2.24) is 10.6 Å². The van der Waals surface area contributed by atoms with Crippen LogP contribution in [0.1, 0.15) is 33.1 Å². The molecule has 0 aromatic carbocycles. The van der Waals surface area contributed by atoms with E-state index in [9.17, 15) is 24.0 Å². The van der Waals surface area contributed by atoms with Gasteiger partial charge in [0.05, 0.1) is 12.5 Å². The van der Waals surface area contributed by atoms with Gasteiger partial charge in [-0.3, -0.25) is 19.2 Å². The summed E-state index contributed by atoms with van der Waals surface area (Å²) in [6, 6.07) is -3.85. The minimum Gasteiger partial charge on any atom is -0.481 e. The first-order chi connectivity index (χ1) is 11.5. The van der Waals surface area contributed by atoms with E-state index in [1.165, 1.54) is 0 Å². The fourth-order valence-electron chi connectivity index (χ4n) is 1.78. The number of carbonyl (C=O) groups excluding carboxylic acids is 3. The van der Waals surface area contributed by atoms with Crippen LogP contribution in [0.15, 0.2) is 0 Å². The second-order valence-electron chi connectivity index (χ2n) is 5.83. The van der Waals surface area contributed by atoms with Crippen LogP contribution in [-0.2, 0) is 24.0 Å². The number of nitrogens with two attached hydrogens (primary N) is 2. The zero-order chi connectivity index (χ0) is 19.7. The second kappa shape index (κ2) is 10.2. The quantitative estimate of drug-likeness (QED) is 0.237. The van der Waals surface area contributed by atoms with E-state index in [0.717, 1.165) is 0 Å². The lowest BCUT2D eigenvalue weighted by atomic mass is 10.0. The number of nitrogens with one attached hydrogen (secondary N) is 2. The Morgan fingerprint density at radius 3 is 1.88 bits per heavy atom. The summed E-state index contributed by atoms with van der Waals surface area (Å²) < 4.78 is 0. The maximum absolute atomic E-state index is 12.2. The van der Waals surface area contributed by atoms with Gasteiger partial charge in [-0.1, -0.05) is 13.8 Å². The molecular weight excluding hydrogens is 336 g/mol. The van der Waals surface area contributed by atoms with Crippen LogP contribution in [0.2, 0.25) is 0 Å². The highest BCUT2D eigenvalue weighted by atomic mass is 16.4. The van der Waals surface area contributed by atoms with E-state index in [2.05, 4.69) is 10.6 Å². The standard InChI is InChI=1S/C14H24N4O7/c1-6(2)11(16)13(23)18-8(5-9(15)19)12(22)17-7(14(24)25)3-4-10(20)21/h6-8,11H,3-5,16H2,1-2H3,(H2,15,19)(H,17,22)(H,18,23)(H,20,21)(H,24,25)/t7-,8-,11-/m0/s1. The maximum atomic E-state index is 12.2. The van der Waals surface area contributed by atoms with Crippen molar-refractivity contribution in [2.45, 2.75) is 51.2 Å². The zero-order valence-corrected chi connectivity index (χ0v) is 14.0. The van der Waals surface area contributed by atoms with Crippen LogP contribution in [0.4, 0.5) is 0 Å². The summed E-state index contributed by atoms with van der Waals surface area (Å²) >= 11 is 0. The summed E-state index contributed by atoms with van der Waals surface area (Å²) in [7, 11) is 0. The van der Waals surface area contributed by atoms with Gasteiger partial charge in [0.25, 0.3) is 0 Å². The Kier molecular flexibility index (Phi) is 9.13. The Balaban J connectivity index is 5.08. The number of hydrogen-bond donors (Lipinski definition) is 6. The van der Waals surface area contributed by atoms with Crippen LogP contribution >= 0.6 is 0 Å². The van der Waals surface area contributed by atoms with Crippen LogP contribution in [-0.4, -0.2) is 58.0 Å². The Labute approximate surface area is 144 Å². The number of carbonyl (C=O) groups is 5. The van der Waals surface area contributed by atoms with E-state index < -0.39 is 60.6 Å². The largest absolute Gasteiger partial charge is 0.481 e. The number of hydrogen-bond acceptors (Lipinski definition) is 6. The van der Waals surface area contributed by atoms with Crippen molar-refractivity contribution < 1.29 is 34.2 Å². The molecule has 3 amide bonds. The number of primary amides is 1. The van der Waals surface area contributed by atoms with Crippen LogP contribution in [0.25, 0.3) is 0 Å². The van der Waals surface area contributed by atoms with E-state index in [1.807, 2.05) is 0 Å². The van der Waals surface area contributed by atoms with Gasteiger partial charge >= 0.3 is 11.9 Å². The molecule has 11 heteroatoms. The fraction of sp³-hybridized carbons (Fsp3) is 0.643. The summed E-state index contributed by atoms with van der Waals surface area (Å²) in [5.41, 5.74) is 10.7. The topological polar surface area (TPSA) is 202 Å². The van der Waals surface area contributed by atoms with Gasteiger partial charge in [-0.15, -0.1) is 0 Å². The Bertz CT molecular complexity index is 535. The SMILES string of the molecule is CC(C)[C@H](N)C(=O)N[C@@H](CC(N)=O)C(=O)N[C@@H](CCC(=O)O)C(=O)O. The molecule has 0 fully saturated rings. The van der Waals surface area contributed by atoms with Gasteiger partial charge in [-0.2, -0.15) is 0 Å². The van der Waals surface area contributed by atoms with Crippen LogP contribution < -0.4 is 22.1 Å². The molecule has 0 rings (SSSR count). The van der Waals surface area contributed by atoms with Crippen LogP contribution in [0, 0.1) is 5.92 Å². The van der Waals surface area contributed by atoms with Gasteiger partial charge in [0.2, 0.25) is 17.7 Å². The van der Waals surface area contributed by atoms with Crippen molar-refractivity contribution in [1.29, 1.82) is 0 Å². The summed E-state index contributed by atoms with van der Waals surface area (Å²) in [5, 5.41) is 22.0. The average molecular weight is 360 g/mol. The molecular formula is C14H24N4O7. The average Bonchev–Trinajstić information content (AvgIpc) is 2.48. The third-order valence-corrected chi connectivity index (χ3v) is 3.32. The number of amides is 3. The van der Waals surface area contributed by atoms with Gasteiger partial charge in [-0.05, 0) is 12.3 Å². The summed E-state index contributed by atoms with van der Waals surface area (Å²) in [5.74, 6) is -5.48. The lowest BCUT2D eigenvalue weighted by Crippen LogP contribution is -2.56. The van der Waals surface area contributed by atoms with Gasteiger partial charge in [0.15, 0.2) is 0 Å². The van der Waals surface area contributed by atoms with Gasteiger partial charge in [0, 0.05) is 6.42 Å². The molecule has 3 atom stereocenters. The lowest BCUT2D eigenvalue weighted by molar-refractivity contribution is -0.143. The van der Waals surface area contributed by atoms with Crippen molar-refractivity contribution in [3.63, 3.8) is 0 Å². The first-order valence-electron chi connectivity index (χ1n) is 7.54. The predicted molar refractivity (Wildman–Crippen MR) is 85.0 cm³/mol. The highest BCUT2D eigenvalue weighted by molar-refractivity contribution is 5.94. The maximum Gasteiger partial charge on any atom is 0.326 e. The van der Waals surface area contributed by atoms with Crippen molar-refractivity contribution in [2.24, 2.45) is 17.4 Å². The molecule has 0 saturated carbocycles. The van der Waals surface area contributed by atoms with Crippen molar-refractivity contribution in [3.8, 4) is 0 Å². The smallest absolute Gasteiger partial charge is 0.326 e. The Morgan fingerprint density at radius 2 is 1.48 bits per heavy atom. The molecule has 0 aromatic heterocycles. The molecule has 8 N–H and O–H groups in total. The molecule has 0 bridgehead atoms. The first-order valence-corrected chi connectivity index (χ1v) is 7.54. The molecule has 0 saturated heterocycles. The molecule has 0 aliphatic rings. The van der Waals surface area contributed by atoms with Gasteiger partial charge in [0.1, 0.15) is 12.1 Å². The van der Waals surface area contributed by atoms with Gasteiger partial charge in [-0.25, -0.2) is 4.79 Å². The molecule has 0 heterocycles. The molecule has 142 valence electrons. The number of carboxylic acid groups (broad SMARTS) is 2. The molecule has 0 aliphatic heterocycles. The summed E-state index contributed by atoms with van der Waals surface area (Å²) in [4.78, 5) is 56.9. The lowest BCUT2D eigenvalue weighted by Gasteiger charge is -2.23. The third-order valence-electron chi connectivity index (χ3n) is 3.32. The van der Waals surface area contributed by atoms with E-state index >= 15 is 0 Å². The van der Waals surface area contributed by atoms with Crippen molar-refractivity contribution in [2.75, 3.05) is 0 Å². The van der Waals surface area contributed by atoms with E-state index in [4.69, 9.17) is 21.7 Å². The van der Waals surface area contributed by atoms with E-state index in [1.54, 1.807) is 13.8 Å². The zero-order valence-electron chi connectivity index (χ0n) is 14.0.